The zero-order chi connectivity index (χ0) is 18.1. The van der Waals surface area contributed by atoms with E-state index in [0.717, 1.165) is 18.6 Å². The summed E-state index contributed by atoms with van der Waals surface area (Å²) in [7, 11) is 0. The molecule has 0 aliphatic heterocycles. The van der Waals surface area contributed by atoms with E-state index in [-0.39, 0.29) is 18.6 Å². The first kappa shape index (κ1) is 16.3. The molecule has 1 amide bonds. The maximum Gasteiger partial charge on any atom is 0.339 e. The highest BCUT2D eigenvalue weighted by Crippen LogP contribution is 2.26. The second-order valence-corrected chi connectivity index (χ2v) is 6.40. The number of carbonyl (C=O) groups is 2. The molecule has 1 fully saturated rings. The van der Waals surface area contributed by atoms with E-state index in [4.69, 9.17) is 9.15 Å². The van der Waals surface area contributed by atoms with E-state index >= 15 is 0 Å². The highest BCUT2D eigenvalue weighted by atomic mass is 16.5. The Morgan fingerprint density at radius 2 is 2.04 bits per heavy atom. The monoisotopic (exact) mass is 350 g/mol. The normalized spacial score (nSPS) is 13.6. The summed E-state index contributed by atoms with van der Waals surface area (Å²) in [5, 5.41) is 3.47. The highest BCUT2D eigenvalue weighted by molar-refractivity contribution is 6.05. The first-order chi connectivity index (χ1) is 12.6. The Kier molecular flexibility index (Phi) is 4.16. The SMILES string of the molecule is Cc1ccc(-c2cc(C(=O)OCC(=O)NC3CC3)c3ccccc3n2)o1. The molecule has 26 heavy (non-hydrogen) atoms. The zero-order valence-corrected chi connectivity index (χ0v) is 14.3. The third kappa shape index (κ3) is 3.44. The second kappa shape index (κ2) is 6.63. The van der Waals surface area contributed by atoms with Crippen molar-refractivity contribution >= 4 is 22.8 Å². The smallest absolute Gasteiger partial charge is 0.339 e. The lowest BCUT2D eigenvalue weighted by Gasteiger charge is -2.09. The molecular formula is C20H18N2O4. The number of hydrogen-bond donors (Lipinski definition) is 1. The van der Waals surface area contributed by atoms with E-state index in [9.17, 15) is 9.59 Å². The first-order valence-electron chi connectivity index (χ1n) is 8.53. The van der Waals surface area contributed by atoms with Crippen molar-refractivity contribution in [3.8, 4) is 11.5 Å². The fourth-order valence-corrected chi connectivity index (χ4v) is 2.75. The molecule has 4 rings (SSSR count). The molecule has 1 saturated carbocycles. The van der Waals surface area contributed by atoms with Crippen LogP contribution in [0.3, 0.4) is 0 Å². The van der Waals surface area contributed by atoms with Crippen LogP contribution in [0.25, 0.3) is 22.4 Å². The molecule has 0 bridgehead atoms. The van der Waals surface area contributed by atoms with Gasteiger partial charge in [0.2, 0.25) is 0 Å². The van der Waals surface area contributed by atoms with Gasteiger partial charge in [-0.2, -0.15) is 0 Å². The molecule has 6 nitrogen and oxygen atoms in total. The topological polar surface area (TPSA) is 81.4 Å². The van der Waals surface area contributed by atoms with Gasteiger partial charge in [0.1, 0.15) is 11.5 Å². The second-order valence-electron chi connectivity index (χ2n) is 6.40. The standard InChI is InChI=1S/C20H18N2O4/c1-12-6-9-18(26-12)17-10-15(14-4-2-3-5-16(14)22-17)20(24)25-11-19(23)21-13-7-8-13/h2-6,9-10,13H,7-8,11H2,1H3,(H,21,23). The molecule has 0 saturated heterocycles. The highest BCUT2D eigenvalue weighted by Gasteiger charge is 2.24. The van der Waals surface area contributed by atoms with E-state index < -0.39 is 5.97 Å². The summed E-state index contributed by atoms with van der Waals surface area (Å²) < 4.78 is 10.8. The van der Waals surface area contributed by atoms with Gasteiger partial charge in [-0.05, 0) is 44.0 Å². The number of aromatic nitrogens is 1. The summed E-state index contributed by atoms with van der Waals surface area (Å²) in [5.41, 5.74) is 1.57. The van der Waals surface area contributed by atoms with Gasteiger partial charge in [0.05, 0.1) is 11.1 Å². The van der Waals surface area contributed by atoms with Gasteiger partial charge in [0.15, 0.2) is 12.4 Å². The van der Waals surface area contributed by atoms with Gasteiger partial charge >= 0.3 is 5.97 Å². The van der Waals surface area contributed by atoms with Crippen LogP contribution in [0, 0.1) is 6.92 Å². The average Bonchev–Trinajstić information content (AvgIpc) is 3.35. The summed E-state index contributed by atoms with van der Waals surface area (Å²) >= 11 is 0. The Hall–Kier alpha value is -3.15. The van der Waals surface area contributed by atoms with Crippen molar-refractivity contribution in [2.24, 2.45) is 0 Å². The van der Waals surface area contributed by atoms with Crippen LogP contribution < -0.4 is 5.32 Å². The third-order valence-corrected chi connectivity index (χ3v) is 4.21. The lowest BCUT2D eigenvalue weighted by atomic mass is 10.1. The van der Waals surface area contributed by atoms with Crippen LogP contribution >= 0.6 is 0 Å². The number of benzene rings is 1. The third-order valence-electron chi connectivity index (χ3n) is 4.21. The predicted octanol–water partition coefficient (Wildman–Crippen LogP) is 3.24. The Morgan fingerprint density at radius 3 is 2.77 bits per heavy atom. The number of aryl methyl sites for hydroxylation is 1. The summed E-state index contributed by atoms with van der Waals surface area (Å²) in [6.07, 6.45) is 1.97. The molecule has 0 unspecified atom stereocenters. The minimum absolute atomic E-state index is 0.233. The van der Waals surface area contributed by atoms with E-state index in [1.165, 1.54) is 0 Å². The van der Waals surface area contributed by atoms with Crippen LogP contribution in [-0.2, 0) is 9.53 Å². The van der Waals surface area contributed by atoms with E-state index in [1.54, 1.807) is 12.1 Å². The molecule has 2 aromatic heterocycles. The minimum atomic E-state index is -0.556. The van der Waals surface area contributed by atoms with Crippen LogP contribution in [0.1, 0.15) is 29.0 Å². The van der Waals surface area contributed by atoms with Gasteiger partial charge in [-0.3, -0.25) is 4.79 Å². The van der Waals surface area contributed by atoms with Crippen LogP contribution in [0.4, 0.5) is 0 Å². The molecular weight excluding hydrogens is 332 g/mol. The van der Waals surface area contributed by atoms with Gasteiger partial charge in [-0.15, -0.1) is 0 Å². The van der Waals surface area contributed by atoms with E-state index in [2.05, 4.69) is 10.3 Å². The Bertz CT molecular complexity index is 988. The fraction of sp³-hybridized carbons (Fsp3) is 0.250. The molecule has 1 N–H and O–H groups in total. The number of rotatable bonds is 5. The van der Waals surface area contributed by atoms with E-state index in [0.29, 0.717) is 27.9 Å². The van der Waals surface area contributed by atoms with Crippen molar-refractivity contribution in [3.05, 3.63) is 53.8 Å². The number of pyridine rings is 1. The average molecular weight is 350 g/mol. The van der Waals surface area contributed by atoms with Crippen molar-refractivity contribution in [2.75, 3.05) is 6.61 Å². The molecule has 1 aromatic carbocycles. The van der Waals surface area contributed by atoms with Gasteiger partial charge in [-0.1, -0.05) is 18.2 Å². The summed E-state index contributed by atoms with van der Waals surface area (Å²) in [6, 6.07) is 12.8. The van der Waals surface area contributed by atoms with Crippen LogP contribution in [0.2, 0.25) is 0 Å². The molecule has 3 aromatic rings. The van der Waals surface area contributed by atoms with Crippen LogP contribution in [-0.4, -0.2) is 29.5 Å². The zero-order valence-electron chi connectivity index (χ0n) is 14.3. The summed E-state index contributed by atoms with van der Waals surface area (Å²) in [4.78, 5) is 28.9. The maximum absolute atomic E-state index is 12.6. The number of fused-ring (bicyclic) bond motifs is 1. The first-order valence-corrected chi connectivity index (χ1v) is 8.53. The number of hydrogen-bond acceptors (Lipinski definition) is 5. The van der Waals surface area contributed by atoms with Gasteiger partial charge < -0.3 is 14.5 Å². The number of amides is 1. The molecule has 0 spiro atoms. The van der Waals surface area contributed by atoms with E-state index in [1.807, 2.05) is 37.3 Å². The van der Waals surface area contributed by atoms with Gasteiger partial charge in [0.25, 0.3) is 5.91 Å². The molecule has 1 aliphatic carbocycles. The quantitative estimate of drug-likeness (QED) is 0.715. The lowest BCUT2D eigenvalue weighted by Crippen LogP contribution is -2.30. The Labute approximate surface area is 150 Å². The summed E-state index contributed by atoms with van der Waals surface area (Å²) in [5.74, 6) is 0.504. The maximum atomic E-state index is 12.6. The molecule has 132 valence electrons. The van der Waals surface area contributed by atoms with Gasteiger partial charge in [0, 0.05) is 11.4 Å². The lowest BCUT2D eigenvalue weighted by molar-refractivity contribution is -0.124. The largest absolute Gasteiger partial charge is 0.460 e. The summed E-state index contributed by atoms with van der Waals surface area (Å²) in [6.45, 7) is 1.55. The molecule has 0 radical (unpaired) electrons. The number of carbonyl (C=O) groups excluding carboxylic acids is 2. The number of para-hydroxylation sites is 1. The number of ether oxygens (including phenoxy) is 1. The minimum Gasteiger partial charge on any atom is -0.460 e. The van der Waals surface area contributed by atoms with Crippen molar-refractivity contribution < 1.29 is 18.7 Å². The number of esters is 1. The molecule has 1 aliphatic rings. The van der Waals surface area contributed by atoms with Crippen molar-refractivity contribution in [2.45, 2.75) is 25.8 Å². The van der Waals surface area contributed by atoms with Crippen molar-refractivity contribution in [1.82, 2.24) is 10.3 Å². The van der Waals surface area contributed by atoms with Crippen molar-refractivity contribution in [3.63, 3.8) is 0 Å². The van der Waals surface area contributed by atoms with Crippen LogP contribution in [0.5, 0.6) is 0 Å². The fourth-order valence-electron chi connectivity index (χ4n) is 2.75. The predicted molar refractivity (Wildman–Crippen MR) is 95.6 cm³/mol. The number of furan rings is 1. The molecule has 0 atom stereocenters. The molecule has 6 heteroatoms. The molecule has 2 heterocycles. The van der Waals surface area contributed by atoms with Gasteiger partial charge in [-0.25, -0.2) is 9.78 Å². The Balaban J connectivity index is 1.63. The Morgan fingerprint density at radius 1 is 1.23 bits per heavy atom. The number of nitrogens with zero attached hydrogens (tertiary/aromatic N) is 1. The number of nitrogens with one attached hydrogen (secondary N) is 1. The van der Waals surface area contributed by atoms with Crippen molar-refractivity contribution in [1.29, 1.82) is 0 Å². The van der Waals surface area contributed by atoms with Crippen LogP contribution in [0.15, 0.2) is 46.9 Å².